The van der Waals surface area contributed by atoms with E-state index in [-0.39, 0.29) is 61.2 Å². The minimum atomic E-state index is -1.72. The molecule has 388 valence electrons. The SMILES string of the molecule is CCCCCCCCCCCC(=O)N[C@H](CSC[C@@H](COC(=O)CCCCCCCCCCC)OC(=O)CCCCCCCCCCC)C(=O)Nc1cn(CC2OC(O)C(O)C(O)C2O)nn1. The van der Waals surface area contributed by atoms with Crippen molar-refractivity contribution < 1.29 is 53.8 Å². The molecule has 0 aliphatic carbocycles. The van der Waals surface area contributed by atoms with E-state index in [4.69, 9.17) is 14.2 Å². The summed E-state index contributed by atoms with van der Waals surface area (Å²) in [4.78, 5) is 52.9. The summed E-state index contributed by atoms with van der Waals surface area (Å²) in [6, 6.07) is -1.01. The van der Waals surface area contributed by atoms with Crippen LogP contribution in [0.25, 0.3) is 0 Å². The number of rotatable bonds is 42. The molecular weight excluding hydrogens is 879 g/mol. The Labute approximate surface area is 406 Å². The maximum Gasteiger partial charge on any atom is 0.306 e. The smallest absolute Gasteiger partial charge is 0.306 e. The van der Waals surface area contributed by atoms with Gasteiger partial charge in [-0.15, -0.1) is 5.10 Å². The molecule has 1 saturated heterocycles. The molecule has 1 aromatic heterocycles. The lowest BCUT2D eigenvalue weighted by Gasteiger charge is -2.38. The number of hydrogen-bond donors (Lipinski definition) is 6. The summed E-state index contributed by atoms with van der Waals surface area (Å²) in [5.41, 5.74) is 0. The molecule has 0 spiro atoms. The van der Waals surface area contributed by atoms with Gasteiger partial charge in [-0.05, 0) is 19.3 Å². The summed E-state index contributed by atoms with van der Waals surface area (Å²) < 4.78 is 18.0. The molecule has 67 heavy (non-hydrogen) atoms. The number of nitrogens with zero attached hydrogens (tertiary/aromatic N) is 3. The molecule has 1 fully saturated rings. The van der Waals surface area contributed by atoms with Crippen LogP contribution in [0.2, 0.25) is 0 Å². The van der Waals surface area contributed by atoms with E-state index >= 15 is 0 Å². The quantitative estimate of drug-likeness (QED) is 0.0267. The number of aliphatic hydroxyl groups excluding tert-OH is 4. The molecule has 0 radical (unpaired) electrons. The van der Waals surface area contributed by atoms with Crippen LogP contribution in [0.15, 0.2) is 6.20 Å². The van der Waals surface area contributed by atoms with E-state index in [1.54, 1.807) is 0 Å². The number of carbonyl (C=O) groups is 4. The molecule has 0 saturated carbocycles. The van der Waals surface area contributed by atoms with E-state index in [0.717, 1.165) is 64.2 Å². The van der Waals surface area contributed by atoms with Crippen LogP contribution in [0, 0.1) is 0 Å². The number of ether oxygens (including phenoxy) is 3. The molecule has 17 heteroatoms. The molecule has 0 aromatic carbocycles. The van der Waals surface area contributed by atoms with Gasteiger partial charge in [-0.2, -0.15) is 11.8 Å². The van der Waals surface area contributed by atoms with E-state index in [1.165, 1.54) is 119 Å². The van der Waals surface area contributed by atoms with Crippen LogP contribution in [0.1, 0.15) is 213 Å². The number of aromatic nitrogens is 3. The van der Waals surface area contributed by atoms with Crippen molar-refractivity contribution in [3.63, 3.8) is 0 Å². The first-order chi connectivity index (χ1) is 32.5. The minimum absolute atomic E-state index is 0.0433. The Morgan fingerprint density at radius 2 is 1.12 bits per heavy atom. The van der Waals surface area contributed by atoms with Crippen molar-refractivity contribution in [3.8, 4) is 0 Å². The monoisotopic (exact) mass is 970 g/mol. The van der Waals surface area contributed by atoms with Crippen molar-refractivity contribution in [1.29, 1.82) is 0 Å². The van der Waals surface area contributed by atoms with Crippen LogP contribution in [-0.2, 0) is 39.9 Å². The molecule has 7 atom stereocenters. The van der Waals surface area contributed by atoms with Crippen LogP contribution >= 0.6 is 11.8 Å². The molecule has 5 unspecified atom stereocenters. The average molecular weight is 970 g/mol. The van der Waals surface area contributed by atoms with Crippen molar-refractivity contribution in [3.05, 3.63) is 6.20 Å². The van der Waals surface area contributed by atoms with Gasteiger partial charge in [0, 0.05) is 30.8 Å². The fraction of sp³-hybridized carbons (Fsp3) is 0.880. The van der Waals surface area contributed by atoms with Gasteiger partial charge in [-0.25, -0.2) is 4.68 Å². The van der Waals surface area contributed by atoms with Crippen LogP contribution in [0.5, 0.6) is 0 Å². The highest BCUT2D eigenvalue weighted by atomic mass is 32.2. The lowest BCUT2D eigenvalue weighted by molar-refractivity contribution is -0.284. The second kappa shape index (κ2) is 39.0. The minimum Gasteiger partial charge on any atom is -0.462 e. The van der Waals surface area contributed by atoms with Gasteiger partial charge in [-0.1, -0.05) is 180 Å². The Kier molecular flexibility index (Phi) is 35.1. The third-order valence-electron chi connectivity index (χ3n) is 12.3. The van der Waals surface area contributed by atoms with Crippen LogP contribution < -0.4 is 10.6 Å². The van der Waals surface area contributed by atoms with Gasteiger partial charge in [0.25, 0.3) is 0 Å². The molecule has 0 bridgehead atoms. The molecule has 2 rings (SSSR count). The predicted molar refractivity (Wildman–Crippen MR) is 263 cm³/mol. The Balaban J connectivity index is 2.03. The predicted octanol–water partition coefficient (Wildman–Crippen LogP) is 8.45. The van der Waals surface area contributed by atoms with E-state index in [2.05, 4.69) is 41.7 Å². The molecule has 16 nitrogen and oxygen atoms in total. The van der Waals surface area contributed by atoms with Gasteiger partial charge in [-0.3, -0.25) is 19.2 Å². The summed E-state index contributed by atoms with van der Waals surface area (Å²) in [5, 5.41) is 53.8. The number of aliphatic hydroxyl groups is 4. The van der Waals surface area contributed by atoms with Gasteiger partial charge in [0.05, 0.1) is 12.7 Å². The normalized spacial score (nSPS) is 19.2. The molecule has 1 aliphatic rings. The second-order valence-corrected chi connectivity index (χ2v) is 19.6. The molecule has 2 heterocycles. The summed E-state index contributed by atoms with van der Waals surface area (Å²) in [6.07, 6.45) is 23.9. The standard InChI is InChI=1S/C50H91N5O11S/c1-4-7-10-13-16-19-22-25-28-31-43(56)51-40(49(62)52-42-35-55(54-53-42)34-41-46(59)47(60)48(61)50(63)66-41)38-67-37-39(65-45(58)33-30-27-24-21-18-15-12-9-6-3)36-64-44(57)32-29-26-23-20-17-14-11-8-5-2/h35,39-41,46-48,50,59-61,63H,4-34,36-38H2,1-3H3,(H,51,56)(H,52,62)/t39-,40-,41?,46?,47?,48?,50?/m1/s1. The molecule has 2 amide bonds. The highest BCUT2D eigenvalue weighted by Crippen LogP contribution is 2.22. The largest absolute Gasteiger partial charge is 0.462 e. The summed E-state index contributed by atoms with van der Waals surface area (Å²) in [7, 11) is 0. The molecule has 1 aliphatic heterocycles. The topological polar surface area (TPSA) is 232 Å². The molecular formula is C50H91N5O11S. The van der Waals surface area contributed by atoms with Crippen LogP contribution in [0.4, 0.5) is 5.82 Å². The third-order valence-corrected chi connectivity index (χ3v) is 13.5. The van der Waals surface area contributed by atoms with Gasteiger partial charge < -0.3 is 45.3 Å². The molecule has 1 aromatic rings. The Morgan fingerprint density at radius 3 is 1.64 bits per heavy atom. The van der Waals surface area contributed by atoms with E-state index < -0.39 is 48.8 Å². The van der Waals surface area contributed by atoms with Crippen LogP contribution in [0.3, 0.4) is 0 Å². The fourth-order valence-electron chi connectivity index (χ4n) is 8.07. The summed E-state index contributed by atoms with van der Waals surface area (Å²) in [5.74, 6) is -1.15. The summed E-state index contributed by atoms with van der Waals surface area (Å²) >= 11 is 1.30. The molecule has 6 N–H and O–H groups in total. The van der Waals surface area contributed by atoms with Crippen molar-refractivity contribution in [2.75, 3.05) is 23.4 Å². The van der Waals surface area contributed by atoms with Gasteiger partial charge >= 0.3 is 11.9 Å². The number of nitrogens with one attached hydrogen (secondary N) is 2. The highest BCUT2D eigenvalue weighted by Gasteiger charge is 2.43. The zero-order chi connectivity index (χ0) is 48.9. The maximum atomic E-state index is 13.8. The first-order valence-corrected chi connectivity index (χ1v) is 27.4. The van der Waals surface area contributed by atoms with Crippen molar-refractivity contribution in [1.82, 2.24) is 20.3 Å². The average Bonchev–Trinajstić information content (AvgIpc) is 3.75. The number of unbranched alkanes of at least 4 members (excludes halogenated alkanes) is 24. The van der Waals surface area contributed by atoms with E-state index in [0.29, 0.717) is 19.3 Å². The third kappa shape index (κ3) is 29.1. The van der Waals surface area contributed by atoms with Crippen molar-refractivity contribution >= 4 is 41.3 Å². The van der Waals surface area contributed by atoms with Gasteiger partial charge in [0.15, 0.2) is 12.1 Å². The van der Waals surface area contributed by atoms with Crippen molar-refractivity contribution in [2.45, 2.75) is 263 Å². The maximum absolute atomic E-state index is 13.8. The number of hydrogen-bond acceptors (Lipinski definition) is 14. The number of esters is 2. The number of amides is 2. The van der Waals surface area contributed by atoms with Gasteiger partial charge in [0.1, 0.15) is 43.2 Å². The second-order valence-electron chi connectivity index (χ2n) is 18.5. The van der Waals surface area contributed by atoms with E-state index in [1.807, 2.05) is 0 Å². The Bertz CT molecular complexity index is 1440. The zero-order valence-corrected chi connectivity index (χ0v) is 42.4. The Hall–Kier alpha value is -2.83. The van der Waals surface area contributed by atoms with Crippen molar-refractivity contribution in [2.24, 2.45) is 0 Å². The number of anilines is 1. The number of thioether (sulfide) groups is 1. The lowest BCUT2D eigenvalue weighted by Crippen LogP contribution is -2.58. The Morgan fingerprint density at radius 1 is 0.642 bits per heavy atom. The summed E-state index contributed by atoms with van der Waals surface area (Å²) in [6.45, 7) is 6.35. The lowest BCUT2D eigenvalue weighted by atomic mass is 9.99. The fourth-order valence-corrected chi connectivity index (χ4v) is 9.10. The van der Waals surface area contributed by atoms with Crippen LogP contribution in [-0.4, -0.2) is 120 Å². The number of carbonyl (C=O) groups excluding carboxylic acids is 4. The van der Waals surface area contributed by atoms with E-state index in [9.17, 15) is 39.6 Å². The zero-order valence-electron chi connectivity index (χ0n) is 41.6. The highest BCUT2D eigenvalue weighted by molar-refractivity contribution is 7.99. The van der Waals surface area contributed by atoms with Gasteiger partial charge in [0.2, 0.25) is 11.8 Å². The first kappa shape index (κ1) is 60.3. The first-order valence-electron chi connectivity index (χ1n) is 26.3.